The van der Waals surface area contributed by atoms with Crippen molar-refractivity contribution in [1.82, 2.24) is 4.90 Å². The van der Waals surface area contributed by atoms with E-state index in [1.165, 1.54) is 0 Å². The quantitative estimate of drug-likeness (QED) is 0.624. The summed E-state index contributed by atoms with van der Waals surface area (Å²) in [4.78, 5) is 14.5. The number of hydrogen-bond donors (Lipinski definition) is 1. The van der Waals surface area contributed by atoms with Gasteiger partial charge in [0.25, 0.3) is 0 Å². The molecule has 1 aliphatic rings. The Labute approximate surface area is 93.6 Å². The van der Waals surface area contributed by atoms with Crippen molar-refractivity contribution in [3.05, 3.63) is 24.3 Å². The molecule has 0 unspecified atom stereocenters. The van der Waals surface area contributed by atoms with Gasteiger partial charge in [-0.25, -0.2) is 0 Å². The highest BCUT2D eigenvalue weighted by atomic mass is 32.2. The largest absolute Gasteiger partial charge is 0.399 e. The van der Waals surface area contributed by atoms with E-state index < -0.39 is 0 Å². The van der Waals surface area contributed by atoms with E-state index >= 15 is 0 Å². The van der Waals surface area contributed by atoms with Gasteiger partial charge in [0.2, 0.25) is 5.91 Å². The molecule has 0 aromatic heterocycles. The molecule has 3 nitrogen and oxygen atoms in total. The summed E-state index contributed by atoms with van der Waals surface area (Å²) in [5, 5.41) is 0. The van der Waals surface area contributed by atoms with Crippen LogP contribution in [0.1, 0.15) is 6.42 Å². The average Bonchev–Trinajstić information content (AvgIpc) is 2.12. The maximum Gasteiger partial charge on any atom is 0.232 e. The van der Waals surface area contributed by atoms with E-state index in [1.54, 1.807) is 11.8 Å². The summed E-state index contributed by atoms with van der Waals surface area (Å²) in [5.74, 6) is 0.748. The highest BCUT2D eigenvalue weighted by Gasteiger charge is 2.19. The van der Waals surface area contributed by atoms with E-state index in [-0.39, 0.29) is 5.91 Å². The van der Waals surface area contributed by atoms with Gasteiger partial charge < -0.3 is 10.6 Å². The molecule has 0 radical (unpaired) electrons. The Morgan fingerprint density at radius 3 is 2.87 bits per heavy atom. The maximum atomic E-state index is 11.6. The molecule has 0 aliphatic carbocycles. The Kier molecular flexibility index (Phi) is 3.16. The minimum absolute atomic E-state index is 0.230. The van der Waals surface area contributed by atoms with Gasteiger partial charge >= 0.3 is 0 Å². The topological polar surface area (TPSA) is 46.3 Å². The molecule has 1 saturated heterocycles. The van der Waals surface area contributed by atoms with Crippen molar-refractivity contribution in [2.24, 2.45) is 0 Å². The zero-order valence-corrected chi connectivity index (χ0v) is 9.30. The van der Waals surface area contributed by atoms with Crippen molar-refractivity contribution >= 4 is 23.4 Å². The predicted octanol–water partition coefficient (Wildman–Crippen LogP) is 1.59. The summed E-state index contributed by atoms with van der Waals surface area (Å²) in [6, 6.07) is 7.63. The Balaban J connectivity index is 1.84. The second-order valence-electron chi connectivity index (χ2n) is 3.60. The Morgan fingerprint density at radius 2 is 2.27 bits per heavy atom. The van der Waals surface area contributed by atoms with Crippen LogP contribution in [0.4, 0.5) is 5.69 Å². The summed E-state index contributed by atoms with van der Waals surface area (Å²) in [7, 11) is 0. The number of nitrogens with zero attached hydrogens (tertiary/aromatic N) is 1. The molecule has 1 amide bonds. The second kappa shape index (κ2) is 4.57. The molecule has 80 valence electrons. The fraction of sp³-hybridized carbons (Fsp3) is 0.364. The maximum absolute atomic E-state index is 11.6. The van der Waals surface area contributed by atoms with Gasteiger partial charge in [-0.1, -0.05) is 6.07 Å². The van der Waals surface area contributed by atoms with Crippen molar-refractivity contribution in [3.8, 4) is 0 Å². The van der Waals surface area contributed by atoms with Crippen LogP contribution in [0.2, 0.25) is 0 Å². The molecular weight excluding hydrogens is 208 g/mol. The number of hydrogen-bond acceptors (Lipinski definition) is 3. The first-order valence-electron chi connectivity index (χ1n) is 5.02. The third kappa shape index (κ3) is 2.65. The minimum Gasteiger partial charge on any atom is -0.399 e. The highest BCUT2D eigenvalue weighted by molar-refractivity contribution is 8.00. The number of carbonyl (C=O) groups is 1. The van der Waals surface area contributed by atoms with E-state index in [9.17, 15) is 4.79 Å². The lowest BCUT2D eigenvalue weighted by Gasteiger charge is -2.30. The van der Waals surface area contributed by atoms with Gasteiger partial charge in [0.05, 0.1) is 5.75 Å². The van der Waals surface area contributed by atoms with E-state index in [4.69, 9.17) is 5.73 Å². The van der Waals surface area contributed by atoms with Gasteiger partial charge in [-0.2, -0.15) is 0 Å². The number of rotatable bonds is 3. The van der Waals surface area contributed by atoms with Gasteiger partial charge in [0, 0.05) is 23.7 Å². The lowest BCUT2D eigenvalue weighted by atomic mass is 10.2. The smallest absolute Gasteiger partial charge is 0.232 e. The number of carbonyl (C=O) groups excluding carboxylic acids is 1. The summed E-state index contributed by atoms with van der Waals surface area (Å²) in [6.45, 7) is 1.85. The molecule has 1 aromatic carbocycles. The van der Waals surface area contributed by atoms with Crippen LogP contribution in [0.25, 0.3) is 0 Å². The number of amides is 1. The molecule has 2 rings (SSSR count). The summed E-state index contributed by atoms with van der Waals surface area (Å²) < 4.78 is 0. The predicted molar refractivity (Wildman–Crippen MR) is 62.8 cm³/mol. The molecule has 0 spiro atoms. The first kappa shape index (κ1) is 10.4. The number of nitrogens with two attached hydrogens (primary N) is 1. The molecule has 0 saturated carbocycles. The van der Waals surface area contributed by atoms with Crippen LogP contribution < -0.4 is 5.73 Å². The Morgan fingerprint density at radius 1 is 1.47 bits per heavy atom. The third-order valence-electron chi connectivity index (χ3n) is 2.43. The molecule has 0 atom stereocenters. The van der Waals surface area contributed by atoms with E-state index in [0.717, 1.165) is 30.1 Å². The molecule has 1 aliphatic heterocycles. The van der Waals surface area contributed by atoms with Crippen molar-refractivity contribution < 1.29 is 4.79 Å². The molecule has 1 fully saturated rings. The zero-order valence-electron chi connectivity index (χ0n) is 8.48. The monoisotopic (exact) mass is 222 g/mol. The third-order valence-corrected chi connectivity index (χ3v) is 3.41. The van der Waals surface area contributed by atoms with E-state index in [1.807, 2.05) is 29.2 Å². The molecule has 15 heavy (non-hydrogen) atoms. The zero-order chi connectivity index (χ0) is 10.7. The van der Waals surface area contributed by atoms with Crippen LogP contribution in [0, 0.1) is 0 Å². The lowest BCUT2D eigenvalue weighted by Crippen LogP contribution is -2.42. The van der Waals surface area contributed by atoms with Crippen LogP contribution in [0.15, 0.2) is 29.2 Å². The van der Waals surface area contributed by atoms with Crippen LogP contribution in [-0.4, -0.2) is 29.6 Å². The Bertz CT molecular complexity index is 363. The highest BCUT2D eigenvalue weighted by Crippen LogP contribution is 2.21. The fourth-order valence-corrected chi connectivity index (χ4v) is 2.27. The van der Waals surface area contributed by atoms with Crippen LogP contribution in [0.3, 0.4) is 0 Å². The number of nitrogen functional groups attached to an aromatic ring is 1. The Hall–Kier alpha value is -1.16. The molecule has 2 N–H and O–H groups in total. The standard InChI is InChI=1S/C11H14N2OS/c12-9-3-1-4-10(7-9)15-8-11(14)13-5-2-6-13/h1,3-4,7H,2,5-6,8,12H2. The minimum atomic E-state index is 0.230. The van der Waals surface area contributed by atoms with E-state index in [2.05, 4.69) is 0 Å². The van der Waals surface area contributed by atoms with Gasteiger partial charge in [-0.05, 0) is 24.6 Å². The van der Waals surface area contributed by atoms with Crippen molar-refractivity contribution in [1.29, 1.82) is 0 Å². The fourth-order valence-electron chi connectivity index (χ4n) is 1.41. The van der Waals surface area contributed by atoms with Crippen LogP contribution >= 0.6 is 11.8 Å². The molecule has 4 heteroatoms. The number of anilines is 1. The summed E-state index contributed by atoms with van der Waals surface area (Å²) in [5.41, 5.74) is 6.40. The lowest BCUT2D eigenvalue weighted by molar-refractivity contribution is -0.131. The van der Waals surface area contributed by atoms with Gasteiger partial charge in [-0.3, -0.25) is 4.79 Å². The van der Waals surface area contributed by atoms with Crippen LogP contribution in [-0.2, 0) is 4.79 Å². The summed E-state index contributed by atoms with van der Waals surface area (Å²) in [6.07, 6.45) is 1.15. The number of likely N-dealkylation sites (tertiary alicyclic amines) is 1. The van der Waals surface area contributed by atoms with Gasteiger partial charge in [-0.15, -0.1) is 11.8 Å². The van der Waals surface area contributed by atoms with E-state index in [0.29, 0.717) is 5.75 Å². The molecule has 1 heterocycles. The SMILES string of the molecule is Nc1cccc(SCC(=O)N2CCC2)c1. The molecule has 1 aromatic rings. The molecular formula is C11H14N2OS. The van der Waals surface area contributed by atoms with Gasteiger partial charge in [0.15, 0.2) is 0 Å². The second-order valence-corrected chi connectivity index (χ2v) is 4.64. The normalized spacial score (nSPS) is 14.8. The van der Waals surface area contributed by atoms with Crippen molar-refractivity contribution in [2.45, 2.75) is 11.3 Å². The average molecular weight is 222 g/mol. The number of benzene rings is 1. The van der Waals surface area contributed by atoms with Crippen molar-refractivity contribution in [2.75, 3.05) is 24.6 Å². The summed E-state index contributed by atoms with van der Waals surface area (Å²) >= 11 is 1.55. The first-order valence-corrected chi connectivity index (χ1v) is 6.00. The van der Waals surface area contributed by atoms with Crippen molar-refractivity contribution in [3.63, 3.8) is 0 Å². The number of thioether (sulfide) groups is 1. The van der Waals surface area contributed by atoms with Crippen LogP contribution in [0.5, 0.6) is 0 Å². The molecule has 0 bridgehead atoms. The van der Waals surface area contributed by atoms with Gasteiger partial charge in [0.1, 0.15) is 0 Å². The first-order chi connectivity index (χ1) is 7.25.